The van der Waals surface area contributed by atoms with Gasteiger partial charge in [-0.1, -0.05) is 29.8 Å². The molecular weight excluding hydrogens is 260 g/mol. The highest BCUT2D eigenvalue weighted by Crippen LogP contribution is 2.16. The van der Waals surface area contributed by atoms with Gasteiger partial charge in [-0.3, -0.25) is 0 Å². The summed E-state index contributed by atoms with van der Waals surface area (Å²) >= 11 is 6.11. The van der Waals surface area contributed by atoms with Crippen molar-refractivity contribution in [3.05, 3.63) is 47.1 Å². The summed E-state index contributed by atoms with van der Waals surface area (Å²) in [6.07, 6.45) is 1.73. The molecule has 1 heterocycles. The first-order chi connectivity index (χ1) is 9.15. The molecule has 5 heteroatoms. The first kappa shape index (κ1) is 13.6. The van der Waals surface area contributed by atoms with E-state index in [9.17, 15) is 0 Å². The van der Waals surface area contributed by atoms with Crippen molar-refractivity contribution in [2.24, 2.45) is 0 Å². The zero-order valence-electron chi connectivity index (χ0n) is 11.0. The minimum Gasteiger partial charge on any atom is -0.366 e. The molecule has 0 spiro atoms. The van der Waals surface area contributed by atoms with Crippen LogP contribution >= 0.6 is 11.6 Å². The molecule has 0 aliphatic carbocycles. The van der Waals surface area contributed by atoms with Gasteiger partial charge in [0.25, 0.3) is 0 Å². The van der Waals surface area contributed by atoms with Crippen molar-refractivity contribution < 1.29 is 0 Å². The average molecular weight is 277 g/mol. The van der Waals surface area contributed by atoms with Crippen molar-refractivity contribution in [2.45, 2.75) is 26.4 Å². The maximum atomic E-state index is 6.11. The van der Waals surface area contributed by atoms with E-state index in [0.717, 1.165) is 16.4 Å². The topological polar surface area (TPSA) is 49.8 Å². The van der Waals surface area contributed by atoms with Gasteiger partial charge in [0.2, 0.25) is 5.95 Å². The molecule has 2 aromatic rings. The molecular formula is C14H17ClN4. The molecule has 100 valence electrons. The minimum atomic E-state index is 0.304. The van der Waals surface area contributed by atoms with E-state index in [1.165, 1.54) is 0 Å². The van der Waals surface area contributed by atoms with Crippen molar-refractivity contribution in [1.29, 1.82) is 0 Å². The fourth-order valence-corrected chi connectivity index (χ4v) is 1.81. The fraction of sp³-hybridized carbons (Fsp3) is 0.286. The lowest BCUT2D eigenvalue weighted by Gasteiger charge is -2.10. The van der Waals surface area contributed by atoms with Crippen molar-refractivity contribution in [1.82, 2.24) is 9.97 Å². The van der Waals surface area contributed by atoms with Gasteiger partial charge in [-0.2, -0.15) is 4.98 Å². The number of halogens is 1. The number of nitrogens with zero attached hydrogens (tertiary/aromatic N) is 2. The predicted molar refractivity (Wildman–Crippen MR) is 79.6 cm³/mol. The number of benzene rings is 1. The standard InChI is InChI=1S/C14H17ClN4/c1-10(2)18-14-16-8-7-13(19-14)17-9-11-5-3-4-6-12(11)15/h3-8,10H,9H2,1-2H3,(H2,16,17,18,19). The van der Waals surface area contributed by atoms with E-state index < -0.39 is 0 Å². The van der Waals surface area contributed by atoms with Gasteiger partial charge in [0.05, 0.1) is 0 Å². The molecule has 0 atom stereocenters. The monoisotopic (exact) mass is 276 g/mol. The number of anilines is 2. The highest BCUT2D eigenvalue weighted by molar-refractivity contribution is 6.31. The summed E-state index contributed by atoms with van der Waals surface area (Å²) in [5.74, 6) is 1.40. The van der Waals surface area contributed by atoms with Gasteiger partial charge in [0, 0.05) is 23.8 Å². The molecule has 0 aliphatic rings. The Morgan fingerprint density at radius 3 is 2.74 bits per heavy atom. The lowest BCUT2D eigenvalue weighted by Crippen LogP contribution is -2.13. The normalized spacial score (nSPS) is 10.5. The summed E-state index contributed by atoms with van der Waals surface area (Å²) in [5, 5.41) is 7.16. The third-order valence-corrected chi connectivity index (χ3v) is 2.86. The summed E-state index contributed by atoms with van der Waals surface area (Å²) in [6.45, 7) is 4.73. The van der Waals surface area contributed by atoms with Crippen molar-refractivity contribution in [2.75, 3.05) is 10.6 Å². The smallest absolute Gasteiger partial charge is 0.224 e. The Morgan fingerprint density at radius 1 is 1.21 bits per heavy atom. The molecule has 2 N–H and O–H groups in total. The first-order valence-electron chi connectivity index (χ1n) is 6.22. The van der Waals surface area contributed by atoms with Crippen LogP contribution in [0, 0.1) is 0 Å². The van der Waals surface area contributed by atoms with Crippen molar-refractivity contribution in [3.8, 4) is 0 Å². The molecule has 0 bridgehead atoms. The molecule has 0 aliphatic heterocycles. The molecule has 0 saturated heterocycles. The van der Waals surface area contributed by atoms with Crippen LogP contribution in [0.3, 0.4) is 0 Å². The zero-order valence-corrected chi connectivity index (χ0v) is 11.8. The van der Waals surface area contributed by atoms with E-state index in [0.29, 0.717) is 18.5 Å². The van der Waals surface area contributed by atoms with E-state index in [4.69, 9.17) is 11.6 Å². The van der Waals surface area contributed by atoms with Crippen LogP contribution in [0.1, 0.15) is 19.4 Å². The Labute approximate surface area is 118 Å². The Bertz CT molecular complexity index is 542. The van der Waals surface area contributed by atoms with Crippen molar-refractivity contribution >= 4 is 23.4 Å². The Kier molecular flexibility index (Phi) is 4.58. The highest BCUT2D eigenvalue weighted by Gasteiger charge is 2.02. The maximum absolute atomic E-state index is 6.11. The largest absolute Gasteiger partial charge is 0.366 e. The van der Waals surface area contributed by atoms with Gasteiger partial charge in [-0.05, 0) is 31.5 Å². The molecule has 1 aromatic heterocycles. The zero-order chi connectivity index (χ0) is 13.7. The Morgan fingerprint density at radius 2 is 2.00 bits per heavy atom. The molecule has 0 radical (unpaired) electrons. The summed E-state index contributed by atoms with van der Waals surface area (Å²) < 4.78 is 0. The average Bonchev–Trinajstić information content (AvgIpc) is 2.37. The van der Waals surface area contributed by atoms with Gasteiger partial charge in [-0.25, -0.2) is 4.98 Å². The SMILES string of the molecule is CC(C)Nc1nccc(NCc2ccccc2Cl)n1. The first-order valence-corrected chi connectivity index (χ1v) is 6.60. The van der Waals surface area contributed by atoms with E-state index in [-0.39, 0.29) is 0 Å². The summed E-state index contributed by atoms with van der Waals surface area (Å²) in [5.41, 5.74) is 1.04. The Balaban J connectivity index is 2.02. The van der Waals surface area contributed by atoms with E-state index in [1.54, 1.807) is 6.20 Å². The maximum Gasteiger partial charge on any atom is 0.224 e. The van der Waals surface area contributed by atoms with Crippen LogP contribution in [-0.2, 0) is 6.54 Å². The van der Waals surface area contributed by atoms with Crippen LogP contribution in [0.2, 0.25) is 5.02 Å². The number of aromatic nitrogens is 2. The number of nitrogens with one attached hydrogen (secondary N) is 2. The quantitative estimate of drug-likeness (QED) is 0.877. The van der Waals surface area contributed by atoms with E-state index in [2.05, 4.69) is 20.6 Å². The lowest BCUT2D eigenvalue weighted by atomic mass is 10.2. The molecule has 4 nitrogen and oxygen atoms in total. The molecule has 0 unspecified atom stereocenters. The third kappa shape index (κ3) is 4.10. The molecule has 0 saturated carbocycles. The summed E-state index contributed by atoms with van der Waals surface area (Å²) in [4.78, 5) is 8.55. The van der Waals surface area contributed by atoms with Crippen LogP contribution in [0.4, 0.5) is 11.8 Å². The molecule has 0 fully saturated rings. The third-order valence-electron chi connectivity index (χ3n) is 2.49. The number of hydrogen-bond acceptors (Lipinski definition) is 4. The lowest BCUT2D eigenvalue weighted by molar-refractivity contribution is 0.874. The number of rotatable bonds is 5. The summed E-state index contributed by atoms with van der Waals surface area (Å²) in [6, 6.07) is 9.89. The molecule has 1 aromatic carbocycles. The van der Waals surface area contributed by atoms with Gasteiger partial charge >= 0.3 is 0 Å². The fourth-order valence-electron chi connectivity index (χ4n) is 1.61. The molecule has 19 heavy (non-hydrogen) atoms. The van der Waals surface area contributed by atoms with Crippen LogP contribution in [0.5, 0.6) is 0 Å². The number of hydrogen-bond donors (Lipinski definition) is 2. The highest BCUT2D eigenvalue weighted by atomic mass is 35.5. The van der Waals surface area contributed by atoms with Crippen LogP contribution in [0.15, 0.2) is 36.5 Å². The Hall–Kier alpha value is -1.81. The second kappa shape index (κ2) is 6.38. The van der Waals surface area contributed by atoms with E-state index in [1.807, 2.05) is 44.2 Å². The van der Waals surface area contributed by atoms with Gasteiger partial charge in [-0.15, -0.1) is 0 Å². The van der Waals surface area contributed by atoms with Gasteiger partial charge in [0.1, 0.15) is 5.82 Å². The van der Waals surface area contributed by atoms with Crippen LogP contribution in [-0.4, -0.2) is 16.0 Å². The van der Waals surface area contributed by atoms with E-state index >= 15 is 0 Å². The predicted octanol–water partition coefficient (Wildman–Crippen LogP) is 3.56. The van der Waals surface area contributed by atoms with Crippen molar-refractivity contribution in [3.63, 3.8) is 0 Å². The van der Waals surface area contributed by atoms with Gasteiger partial charge in [0.15, 0.2) is 0 Å². The second-order valence-corrected chi connectivity index (χ2v) is 4.92. The summed E-state index contributed by atoms with van der Waals surface area (Å²) in [7, 11) is 0. The second-order valence-electron chi connectivity index (χ2n) is 4.51. The van der Waals surface area contributed by atoms with Crippen LogP contribution in [0.25, 0.3) is 0 Å². The molecule has 0 amide bonds. The van der Waals surface area contributed by atoms with Crippen LogP contribution < -0.4 is 10.6 Å². The molecule has 2 rings (SSSR count). The minimum absolute atomic E-state index is 0.304. The van der Waals surface area contributed by atoms with Gasteiger partial charge < -0.3 is 10.6 Å².